The molecule has 16 heavy (non-hydrogen) atoms. The Kier molecular flexibility index (Phi) is 2.87. The van der Waals surface area contributed by atoms with Crippen LogP contribution in [0.5, 0.6) is 0 Å². The molecule has 0 aromatic carbocycles. The lowest BCUT2D eigenvalue weighted by Gasteiger charge is -2.22. The number of anilines is 1. The molecule has 1 aliphatic carbocycles. The lowest BCUT2D eigenvalue weighted by molar-refractivity contribution is 0.0449. The van der Waals surface area contributed by atoms with Crippen LogP contribution in [-0.4, -0.2) is 28.1 Å². The predicted molar refractivity (Wildman–Crippen MR) is 61.0 cm³/mol. The molecule has 88 valence electrons. The highest BCUT2D eigenvalue weighted by Gasteiger charge is 2.31. The van der Waals surface area contributed by atoms with Crippen LogP contribution in [-0.2, 0) is 0 Å². The van der Waals surface area contributed by atoms with E-state index in [9.17, 15) is 9.90 Å². The number of rotatable bonds is 3. The molecule has 0 spiro atoms. The Hall–Kier alpha value is -1.49. The first kappa shape index (κ1) is 11.0. The molecule has 5 nitrogen and oxygen atoms in total. The molecule has 5 N–H and O–H groups in total. The average Bonchev–Trinajstić information content (AvgIpc) is 2.85. The van der Waals surface area contributed by atoms with Gasteiger partial charge < -0.3 is 21.1 Å². The van der Waals surface area contributed by atoms with E-state index in [2.05, 4.69) is 10.3 Å². The van der Waals surface area contributed by atoms with Gasteiger partial charge in [0.2, 0.25) is 0 Å². The summed E-state index contributed by atoms with van der Waals surface area (Å²) in [5.74, 6) is -0.225. The van der Waals surface area contributed by atoms with Crippen LogP contribution < -0.4 is 11.1 Å². The molecule has 1 heterocycles. The lowest BCUT2D eigenvalue weighted by atomic mass is 10.0. The minimum absolute atomic E-state index is 0.225. The second kappa shape index (κ2) is 4.17. The highest BCUT2D eigenvalue weighted by molar-refractivity contribution is 5.93. The molecule has 0 radical (unpaired) electrons. The number of hydrogen-bond donors (Lipinski definition) is 4. The third-order valence-electron chi connectivity index (χ3n) is 3.06. The van der Waals surface area contributed by atoms with Crippen LogP contribution in [0.4, 0.5) is 5.69 Å². The van der Waals surface area contributed by atoms with Crippen molar-refractivity contribution in [2.45, 2.75) is 31.3 Å². The molecular weight excluding hydrogens is 206 g/mol. The highest BCUT2D eigenvalue weighted by Crippen LogP contribution is 2.28. The van der Waals surface area contributed by atoms with E-state index >= 15 is 0 Å². The van der Waals surface area contributed by atoms with Crippen molar-refractivity contribution in [1.29, 1.82) is 0 Å². The largest absolute Gasteiger partial charge is 0.397 e. The summed E-state index contributed by atoms with van der Waals surface area (Å²) < 4.78 is 0. The van der Waals surface area contributed by atoms with Crippen LogP contribution >= 0.6 is 0 Å². The van der Waals surface area contributed by atoms with Gasteiger partial charge in [0.05, 0.1) is 5.60 Å². The molecule has 1 aromatic rings. The minimum atomic E-state index is -0.714. The number of nitrogens with one attached hydrogen (secondary N) is 2. The summed E-state index contributed by atoms with van der Waals surface area (Å²) in [7, 11) is 0. The van der Waals surface area contributed by atoms with Gasteiger partial charge in [-0.05, 0) is 18.9 Å². The van der Waals surface area contributed by atoms with Crippen LogP contribution in [0.3, 0.4) is 0 Å². The molecule has 0 unspecified atom stereocenters. The highest BCUT2D eigenvalue weighted by atomic mass is 16.3. The zero-order valence-electron chi connectivity index (χ0n) is 9.12. The van der Waals surface area contributed by atoms with Crippen LogP contribution in [0, 0.1) is 0 Å². The Labute approximate surface area is 94.0 Å². The number of carbonyl (C=O) groups excluding carboxylic acids is 1. The number of nitrogens with two attached hydrogens (primary N) is 1. The zero-order chi connectivity index (χ0) is 11.6. The number of aromatic amines is 1. The first-order valence-corrected chi connectivity index (χ1v) is 5.54. The van der Waals surface area contributed by atoms with E-state index < -0.39 is 5.60 Å². The number of nitrogen functional groups attached to an aromatic ring is 1. The van der Waals surface area contributed by atoms with E-state index in [0.717, 1.165) is 25.7 Å². The molecule has 0 saturated heterocycles. The van der Waals surface area contributed by atoms with Gasteiger partial charge in [0.1, 0.15) is 5.69 Å². The third-order valence-corrected chi connectivity index (χ3v) is 3.06. The van der Waals surface area contributed by atoms with Crippen molar-refractivity contribution in [1.82, 2.24) is 10.3 Å². The van der Waals surface area contributed by atoms with Crippen molar-refractivity contribution in [2.75, 3.05) is 12.3 Å². The molecule has 1 saturated carbocycles. The van der Waals surface area contributed by atoms with Crippen molar-refractivity contribution < 1.29 is 9.90 Å². The zero-order valence-corrected chi connectivity index (χ0v) is 9.12. The Morgan fingerprint density at radius 2 is 2.25 bits per heavy atom. The molecule has 0 bridgehead atoms. The Bertz CT molecular complexity index is 380. The first-order valence-electron chi connectivity index (χ1n) is 5.54. The Morgan fingerprint density at radius 3 is 2.81 bits per heavy atom. The number of aliphatic hydroxyl groups is 1. The van der Waals surface area contributed by atoms with Gasteiger partial charge in [0, 0.05) is 18.4 Å². The van der Waals surface area contributed by atoms with Gasteiger partial charge in [0.25, 0.3) is 5.91 Å². The van der Waals surface area contributed by atoms with Gasteiger partial charge in [-0.1, -0.05) is 12.8 Å². The molecule has 1 aliphatic rings. The summed E-state index contributed by atoms with van der Waals surface area (Å²) in [6.45, 7) is 0.310. The molecule has 1 aromatic heterocycles. The summed E-state index contributed by atoms with van der Waals surface area (Å²) in [6, 6.07) is 1.58. The smallest absolute Gasteiger partial charge is 0.267 e. The van der Waals surface area contributed by atoms with Crippen LogP contribution in [0.15, 0.2) is 12.3 Å². The van der Waals surface area contributed by atoms with Gasteiger partial charge in [-0.2, -0.15) is 0 Å². The fourth-order valence-corrected chi connectivity index (χ4v) is 2.09. The average molecular weight is 223 g/mol. The molecular formula is C11H17N3O2. The van der Waals surface area contributed by atoms with Crippen LogP contribution in [0.1, 0.15) is 36.2 Å². The minimum Gasteiger partial charge on any atom is -0.397 e. The maximum Gasteiger partial charge on any atom is 0.267 e. The predicted octanol–water partition coefficient (Wildman–Crippen LogP) is 0.632. The van der Waals surface area contributed by atoms with Gasteiger partial charge >= 0.3 is 0 Å². The quantitative estimate of drug-likeness (QED) is 0.605. The summed E-state index contributed by atoms with van der Waals surface area (Å²) in [5, 5.41) is 12.8. The van der Waals surface area contributed by atoms with Gasteiger partial charge in [-0.15, -0.1) is 0 Å². The number of H-pyrrole nitrogens is 1. The maximum absolute atomic E-state index is 11.6. The van der Waals surface area contributed by atoms with Crippen LogP contribution in [0.2, 0.25) is 0 Å². The standard InChI is InChI=1S/C11H17N3O2/c12-8-5-9(13-6-8)10(15)14-7-11(16)3-1-2-4-11/h5-6,13,16H,1-4,7,12H2,(H,14,15). The maximum atomic E-state index is 11.6. The third kappa shape index (κ3) is 2.36. The summed E-state index contributed by atoms with van der Waals surface area (Å²) in [4.78, 5) is 14.4. The van der Waals surface area contributed by atoms with E-state index in [1.807, 2.05) is 0 Å². The fourth-order valence-electron chi connectivity index (χ4n) is 2.09. The van der Waals surface area contributed by atoms with Crippen molar-refractivity contribution in [3.05, 3.63) is 18.0 Å². The van der Waals surface area contributed by atoms with E-state index in [1.165, 1.54) is 0 Å². The van der Waals surface area contributed by atoms with E-state index in [-0.39, 0.29) is 5.91 Å². The van der Waals surface area contributed by atoms with Gasteiger partial charge in [0.15, 0.2) is 0 Å². The Balaban J connectivity index is 1.88. The van der Waals surface area contributed by atoms with Crippen LogP contribution in [0.25, 0.3) is 0 Å². The first-order chi connectivity index (χ1) is 7.59. The second-order valence-electron chi connectivity index (χ2n) is 4.46. The molecule has 1 fully saturated rings. The van der Waals surface area contributed by atoms with Crippen molar-refractivity contribution >= 4 is 11.6 Å². The fraction of sp³-hybridized carbons (Fsp3) is 0.545. The summed E-state index contributed by atoms with van der Waals surface area (Å²) >= 11 is 0. The molecule has 5 heteroatoms. The van der Waals surface area contributed by atoms with Crippen molar-refractivity contribution in [3.8, 4) is 0 Å². The topological polar surface area (TPSA) is 91.1 Å². The molecule has 1 amide bonds. The number of aromatic nitrogens is 1. The summed E-state index contributed by atoms with van der Waals surface area (Å²) in [6.07, 6.45) is 5.16. The lowest BCUT2D eigenvalue weighted by Crippen LogP contribution is -2.40. The SMILES string of the molecule is Nc1c[nH]c(C(=O)NCC2(O)CCCC2)c1. The molecule has 0 atom stereocenters. The molecule has 2 rings (SSSR count). The number of hydrogen-bond acceptors (Lipinski definition) is 3. The normalized spacial score (nSPS) is 18.6. The number of carbonyl (C=O) groups is 1. The Morgan fingerprint density at radius 1 is 1.56 bits per heavy atom. The molecule has 0 aliphatic heterocycles. The van der Waals surface area contributed by atoms with Gasteiger partial charge in [-0.25, -0.2) is 0 Å². The van der Waals surface area contributed by atoms with E-state index in [0.29, 0.717) is 17.9 Å². The van der Waals surface area contributed by atoms with Gasteiger partial charge in [-0.3, -0.25) is 4.79 Å². The summed E-state index contributed by atoms with van der Waals surface area (Å²) in [5.41, 5.74) is 5.75. The van der Waals surface area contributed by atoms with Crippen molar-refractivity contribution in [2.24, 2.45) is 0 Å². The van der Waals surface area contributed by atoms with E-state index in [4.69, 9.17) is 5.73 Å². The van der Waals surface area contributed by atoms with E-state index in [1.54, 1.807) is 12.3 Å². The number of amides is 1. The monoisotopic (exact) mass is 223 g/mol. The second-order valence-corrected chi connectivity index (χ2v) is 4.46. The van der Waals surface area contributed by atoms with Crippen molar-refractivity contribution in [3.63, 3.8) is 0 Å².